The first-order chi connectivity index (χ1) is 8.89. The van der Waals surface area contributed by atoms with Crippen molar-refractivity contribution < 1.29 is 22.6 Å². The van der Waals surface area contributed by atoms with E-state index in [1.54, 1.807) is 6.07 Å². The van der Waals surface area contributed by atoms with Crippen molar-refractivity contribution in [2.75, 3.05) is 13.7 Å². The van der Waals surface area contributed by atoms with Gasteiger partial charge in [0.2, 0.25) is 0 Å². The van der Waals surface area contributed by atoms with Crippen LogP contribution in [-0.2, 0) is 13.0 Å². The van der Waals surface area contributed by atoms with Crippen LogP contribution in [0.2, 0.25) is 0 Å². The van der Waals surface area contributed by atoms with Gasteiger partial charge in [-0.15, -0.1) is 0 Å². The van der Waals surface area contributed by atoms with E-state index in [1.807, 2.05) is 13.0 Å². The Morgan fingerprint density at radius 2 is 2.16 bits per heavy atom. The average molecular weight is 275 g/mol. The molecule has 1 heterocycles. The van der Waals surface area contributed by atoms with Gasteiger partial charge in [0, 0.05) is 24.1 Å². The molecular weight excluding hydrogens is 259 g/mol. The minimum absolute atomic E-state index is 0.0910. The van der Waals surface area contributed by atoms with Crippen LogP contribution in [0, 0.1) is 0 Å². The highest BCUT2D eigenvalue weighted by Gasteiger charge is 2.27. The normalized spacial score (nSPS) is 18.1. The van der Waals surface area contributed by atoms with Crippen LogP contribution in [0.3, 0.4) is 0 Å². The number of nitrogens with one attached hydrogen (secondary N) is 1. The van der Waals surface area contributed by atoms with Crippen molar-refractivity contribution in [1.82, 2.24) is 5.32 Å². The van der Waals surface area contributed by atoms with Gasteiger partial charge in [0.1, 0.15) is 17.6 Å². The minimum Gasteiger partial charge on any atom is -0.496 e. The molecule has 1 aromatic carbocycles. The summed E-state index contributed by atoms with van der Waals surface area (Å²) in [4.78, 5) is 0. The Labute approximate surface area is 109 Å². The maximum Gasteiger partial charge on any atom is 0.401 e. The zero-order valence-electron chi connectivity index (χ0n) is 10.8. The van der Waals surface area contributed by atoms with Gasteiger partial charge in [0.15, 0.2) is 0 Å². The number of ether oxygens (including phenoxy) is 2. The third-order valence-electron chi connectivity index (χ3n) is 2.94. The summed E-state index contributed by atoms with van der Waals surface area (Å²) in [6.07, 6.45) is -3.32. The molecule has 1 aliphatic heterocycles. The number of fused-ring (bicyclic) bond motifs is 1. The molecule has 1 atom stereocenters. The van der Waals surface area contributed by atoms with Crippen LogP contribution in [0.4, 0.5) is 13.2 Å². The third kappa shape index (κ3) is 3.53. The lowest BCUT2D eigenvalue weighted by molar-refractivity contribution is -0.125. The Bertz CT molecular complexity index is 460. The zero-order chi connectivity index (χ0) is 14.0. The lowest BCUT2D eigenvalue weighted by atomic mass is 10.1. The smallest absolute Gasteiger partial charge is 0.401 e. The van der Waals surface area contributed by atoms with Crippen molar-refractivity contribution in [2.24, 2.45) is 0 Å². The molecule has 3 nitrogen and oxygen atoms in total. The Morgan fingerprint density at radius 1 is 1.42 bits per heavy atom. The number of hydrogen-bond donors (Lipinski definition) is 1. The minimum atomic E-state index is -4.21. The quantitative estimate of drug-likeness (QED) is 0.916. The van der Waals surface area contributed by atoms with E-state index in [9.17, 15) is 13.2 Å². The fourth-order valence-corrected chi connectivity index (χ4v) is 2.15. The third-order valence-corrected chi connectivity index (χ3v) is 2.94. The summed E-state index contributed by atoms with van der Waals surface area (Å²) in [7, 11) is 1.51. The molecule has 19 heavy (non-hydrogen) atoms. The Hall–Kier alpha value is -1.43. The molecule has 1 aliphatic rings. The molecule has 0 bridgehead atoms. The average Bonchev–Trinajstić information content (AvgIpc) is 2.65. The summed E-state index contributed by atoms with van der Waals surface area (Å²) in [5.74, 6) is 1.32. The fourth-order valence-electron chi connectivity index (χ4n) is 2.15. The van der Waals surface area contributed by atoms with Gasteiger partial charge in [0.25, 0.3) is 0 Å². The van der Waals surface area contributed by atoms with E-state index in [4.69, 9.17) is 9.47 Å². The van der Waals surface area contributed by atoms with E-state index in [1.165, 1.54) is 7.11 Å². The highest BCUT2D eigenvalue weighted by Crippen LogP contribution is 2.34. The second-order valence-electron chi connectivity index (χ2n) is 4.62. The van der Waals surface area contributed by atoms with Crippen molar-refractivity contribution in [3.05, 3.63) is 23.3 Å². The molecule has 106 valence electrons. The van der Waals surface area contributed by atoms with Gasteiger partial charge in [-0.25, -0.2) is 0 Å². The maximum absolute atomic E-state index is 12.1. The van der Waals surface area contributed by atoms with Crippen LogP contribution in [0.15, 0.2) is 12.1 Å². The molecule has 0 radical (unpaired) electrons. The Balaban J connectivity index is 2.10. The van der Waals surface area contributed by atoms with Crippen molar-refractivity contribution in [2.45, 2.75) is 32.2 Å². The van der Waals surface area contributed by atoms with Crippen LogP contribution in [0.1, 0.15) is 18.1 Å². The first-order valence-corrected chi connectivity index (χ1v) is 6.03. The number of halogens is 3. The SMILES string of the molecule is COc1cc2c(cc1CNCC(F)(F)F)OC(C)C2. The van der Waals surface area contributed by atoms with Crippen molar-refractivity contribution in [1.29, 1.82) is 0 Å². The molecule has 0 spiro atoms. The topological polar surface area (TPSA) is 30.5 Å². The van der Waals surface area contributed by atoms with E-state index >= 15 is 0 Å². The van der Waals surface area contributed by atoms with Crippen LogP contribution >= 0.6 is 0 Å². The van der Waals surface area contributed by atoms with Crippen molar-refractivity contribution in [3.8, 4) is 11.5 Å². The predicted octanol–water partition coefficient (Wildman–Crippen LogP) is 2.67. The highest BCUT2D eigenvalue weighted by atomic mass is 19.4. The maximum atomic E-state index is 12.1. The molecule has 0 amide bonds. The fraction of sp³-hybridized carbons (Fsp3) is 0.538. The zero-order valence-corrected chi connectivity index (χ0v) is 10.8. The molecular formula is C13H16F3NO2. The molecule has 6 heteroatoms. The van der Waals surface area contributed by atoms with E-state index in [-0.39, 0.29) is 12.6 Å². The van der Waals surface area contributed by atoms with Crippen LogP contribution in [0.5, 0.6) is 11.5 Å². The lowest BCUT2D eigenvalue weighted by Gasteiger charge is -2.13. The standard InChI is InChI=1S/C13H16F3NO2/c1-8-3-9-4-11(18-2)10(5-12(9)19-8)6-17-7-13(14,15)16/h4-5,8,17H,3,6-7H2,1-2H3. The molecule has 0 aromatic heterocycles. The summed E-state index contributed by atoms with van der Waals surface area (Å²) in [5, 5.41) is 2.36. The number of rotatable bonds is 4. The summed E-state index contributed by atoms with van der Waals surface area (Å²) in [6, 6.07) is 3.59. The van der Waals surface area contributed by atoms with Crippen LogP contribution < -0.4 is 14.8 Å². The number of methoxy groups -OCH3 is 1. The second kappa shape index (κ2) is 5.28. The molecule has 1 aromatic rings. The summed E-state index contributed by atoms with van der Waals surface area (Å²) >= 11 is 0. The monoisotopic (exact) mass is 275 g/mol. The molecule has 0 fully saturated rings. The first kappa shape index (κ1) is 14.0. The number of benzene rings is 1. The molecule has 0 saturated heterocycles. The van der Waals surface area contributed by atoms with Crippen LogP contribution in [-0.4, -0.2) is 25.9 Å². The van der Waals surface area contributed by atoms with Gasteiger partial charge in [-0.3, -0.25) is 0 Å². The van der Waals surface area contributed by atoms with Gasteiger partial charge in [-0.2, -0.15) is 13.2 Å². The lowest BCUT2D eigenvalue weighted by Crippen LogP contribution is -2.28. The number of hydrogen-bond acceptors (Lipinski definition) is 3. The largest absolute Gasteiger partial charge is 0.496 e. The summed E-state index contributed by atoms with van der Waals surface area (Å²) in [6.45, 7) is 1.02. The van der Waals surface area contributed by atoms with Crippen molar-refractivity contribution >= 4 is 0 Å². The van der Waals surface area contributed by atoms with E-state index < -0.39 is 12.7 Å². The van der Waals surface area contributed by atoms with Gasteiger partial charge >= 0.3 is 6.18 Å². The van der Waals surface area contributed by atoms with Gasteiger partial charge in [-0.05, 0) is 19.1 Å². The molecule has 0 aliphatic carbocycles. The molecule has 1 N–H and O–H groups in total. The molecule has 2 rings (SSSR count). The second-order valence-corrected chi connectivity index (χ2v) is 4.62. The van der Waals surface area contributed by atoms with E-state index in [0.717, 1.165) is 17.7 Å². The van der Waals surface area contributed by atoms with E-state index in [0.29, 0.717) is 11.3 Å². The highest BCUT2D eigenvalue weighted by molar-refractivity contribution is 5.48. The molecule has 1 unspecified atom stereocenters. The van der Waals surface area contributed by atoms with Gasteiger partial charge in [-0.1, -0.05) is 0 Å². The Morgan fingerprint density at radius 3 is 2.79 bits per heavy atom. The van der Waals surface area contributed by atoms with Gasteiger partial charge < -0.3 is 14.8 Å². The molecule has 0 saturated carbocycles. The summed E-state index contributed by atoms with van der Waals surface area (Å²) < 4.78 is 47.1. The summed E-state index contributed by atoms with van der Waals surface area (Å²) in [5.41, 5.74) is 1.70. The predicted molar refractivity (Wildman–Crippen MR) is 64.5 cm³/mol. The van der Waals surface area contributed by atoms with Gasteiger partial charge in [0.05, 0.1) is 13.7 Å². The van der Waals surface area contributed by atoms with Crippen molar-refractivity contribution in [3.63, 3.8) is 0 Å². The first-order valence-electron chi connectivity index (χ1n) is 6.03. The van der Waals surface area contributed by atoms with Crippen LogP contribution in [0.25, 0.3) is 0 Å². The number of alkyl halides is 3. The Kier molecular flexibility index (Phi) is 3.89. The van der Waals surface area contributed by atoms with E-state index in [2.05, 4.69) is 5.32 Å².